The molecule has 0 unspecified atom stereocenters. The maximum Gasteiger partial charge on any atom is 0.271 e. The van der Waals surface area contributed by atoms with Gasteiger partial charge in [-0.05, 0) is 50.3 Å². The number of hydrogen-bond donors (Lipinski definition) is 2. The van der Waals surface area contributed by atoms with Crippen LogP contribution in [0.1, 0.15) is 43.8 Å². The van der Waals surface area contributed by atoms with Gasteiger partial charge in [-0.25, -0.2) is 9.97 Å². The highest BCUT2D eigenvalue weighted by molar-refractivity contribution is 7.09. The Balaban J connectivity index is 1.17. The monoisotopic (exact) mass is 395 g/mol. The molecule has 5 rings (SSSR count). The number of pyridine rings is 1. The Morgan fingerprint density at radius 2 is 1.93 bits per heavy atom. The van der Waals surface area contributed by atoms with Crippen LogP contribution >= 0.6 is 11.5 Å². The molecular weight excluding hydrogens is 374 g/mol. The molecule has 3 aromatic rings. The quantitative estimate of drug-likeness (QED) is 0.662. The molecule has 144 valence electrons. The van der Waals surface area contributed by atoms with E-state index in [-0.39, 0.29) is 5.56 Å². The van der Waals surface area contributed by atoms with E-state index in [1.807, 2.05) is 12.1 Å². The summed E-state index contributed by atoms with van der Waals surface area (Å²) in [5.41, 5.74) is 0.487. The molecule has 0 bridgehead atoms. The summed E-state index contributed by atoms with van der Waals surface area (Å²) in [7, 11) is 0. The van der Waals surface area contributed by atoms with Crippen LogP contribution in [0.2, 0.25) is 0 Å². The fraction of sp³-hybridized carbons (Fsp3) is 0.421. The van der Waals surface area contributed by atoms with Crippen LogP contribution in [0.4, 0.5) is 10.9 Å². The summed E-state index contributed by atoms with van der Waals surface area (Å²) in [6.07, 6.45) is 8.90. The summed E-state index contributed by atoms with van der Waals surface area (Å²) in [5, 5.41) is 12.0. The smallest absolute Gasteiger partial charge is 0.271 e. The van der Waals surface area contributed by atoms with Gasteiger partial charge in [0.15, 0.2) is 0 Å². The molecule has 2 aliphatic carbocycles. The lowest BCUT2D eigenvalue weighted by Gasteiger charge is -2.15. The normalized spacial score (nSPS) is 21.6. The molecule has 8 nitrogen and oxygen atoms in total. The number of rotatable bonds is 6. The molecule has 2 fully saturated rings. The van der Waals surface area contributed by atoms with E-state index < -0.39 is 0 Å². The van der Waals surface area contributed by atoms with E-state index in [9.17, 15) is 4.79 Å². The first-order chi connectivity index (χ1) is 13.7. The summed E-state index contributed by atoms with van der Waals surface area (Å²) in [6.45, 7) is 0. The lowest BCUT2D eigenvalue weighted by atomic mass is 10.2. The van der Waals surface area contributed by atoms with Crippen LogP contribution in [-0.4, -0.2) is 36.2 Å². The Morgan fingerprint density at radius 3 is 2.68 bits per heavy atom. The van der Waals surface area contributed by atoms with Crippen LogP contribution in [0, 0.1) is 0 Å². The highest BCUT2D eigenvalue weighted by atomic mass is 32.1. The molecule has 2 N–H and O–H groups in total. The van der Waals surface area contributed by atoms with Crippen LogP contribution in [-0.2, 0) is 0 Å². The first-order valence-electron chi connectivity index (χ1n) is 9.62. The van der Waals surface area contributed by atoms with Gasteiger partial charge in [0.05, 0.1) is 11.9 Å². The lowest BCUT2D eigenvalue weighted by Crippen LogP contribution is -2.21. The zero-order valence-electron chi connectivity index (χ0n) is 15.3. The van der Waals surface area contributed by atoms with Gasteiger partial charge < -0.3 is 10.6 Å². The van der Waals surface area contributed by atoms with Crippen molar-refractivity contribution in [1.29, 1.82) is 0 Å². The molecule has 9 heteroatoms. The molecule has 0 radical (unpaired) electrons. The number of anilines is 2. The standard InChI is InChI=1S/C19H21N7OS/c27-17-2-1-9-21-26(17)15-7-8-16(20-11-15)22-13-5-6-14(10-13)23-19-24-18(25-28-19)12-3-4-12/h1-2,7-9,11-14H,3-6,10H2,(H,20,22)(H,23,24,25)/t13-,14-/m0/s1. The Hall–Kier alpha value is -2.81. The second kappa shape index (κ2) is 7.31. The highest BCUT2D eigenvalue weighted by Crippen LogP contribution is 2.39. The van der Waals surface area contributed by atoms with Crippen molar-refractivity contribution in [3.05, 3.63) is 52.8 Å². The first kappa shape index (κ1) is 17.3. The van der Waals surface area contributed by atoms with Crippen LogP contribution < -0.4 is 16.2 Å². The molecule has 2 aliphatic rings. The van der Waals surface area contributed by atoms with Crippen molar-refractivity contribution in [3.8, 4) is 5.69 Å². The van der Waals surface area contributed by atoms with Crippen molar-refractivity contribution in [2.75, 3.05) is 10.6 Å². The summed E-state index contributed by atoms with van der Waals surface area (Å²) < 4.78 is 5.80. The molecule has 3 heterocycles. The highest BCUT2D eigenvalue weighted by Gasteiger charge is 2.29. The number of nitrogens with zero attached hydrogens (tertiary/aromatic N) is 5. The molecule has 0 saturated heterocycles. The fourth-order valence-corrected chi connectivity index (χ4v) is 4.30. The summed E-state index contributed by atoms with van der Waals surface area (Å²) in [4.78, 5) is 20.9. The van der Waals surface area contributed by atoms with E-state index in [2.05, 4.69) is 30.1 Å². The predicted molar refractivity (Wildman–Crippen MR) is 108 cm³/mol. The van der Waals surface area contributed by atoms with E-state index >= 15 is 0 Å². The SMILES string of the molecule is O=c1cccnn1-c1ccc(N[C@H]2CC[C@H](Nc3nc(C4CC4)ns3)C2)nc1. The Bertz CT molecular complexity index is 1010. The van der Waals surface area contributed by atoms with Crippen molar-refractivity contribution in [1.82, 2.24) is 24.1 Å². The Morgan fingerprint density at radius 1 is 1.07 bits per heavy atom. The maximum atomic E-state index is 11.9. The van der Waals surface area contributed by atoms with E-state index in [4.69, 9.17) is 0 Å². The van der Waals surface area contributed by atoms with E-state index in [0.29, 0.717) is 23.7 Å². The van der Waals surface area contributed by atoms with Crippen molar-refractivity contribution in [2.45, 2.75) is 50.1 Å². The largest absolute Gasteiger partial charge is 0.367 e. The van der Waals surface area contributed by atoms with Gasteiger partial charge in [-0.2, -0.15) is 14.2 Å². The number of hydrogen-bond acceptors (Lipinski definition) is 8. The molecule has 28 heavy (non-hydrogen) atoms. The van der Waals surface area contributed by atoms with Gasteiger partial charge in [0.25, 0.3) is 5.56 Å². The predicted octanol–water partition coefficient (Wildman–Crippen LogP) is 2.80. The second-order valence-electron chi connectivity index (χ2n) is 7.40. The van der Waals surface area contributed by atoms with E-state index in [1.54, 1.807) is 18.5 Å². The van der Waals surface area contributed by atoms with Crippen LogP contribution in [0.25, 0.3) is 5.69 Å². The van der Waals surface area contributed by atoms with Crippen molar-refractivity contribution >= 4 is 22.5 Å². The van der Waals surface area contributed by atoms with Crippen LogP contribution in [0.3, 0.4) is 0 Å². The minimum absolute atomic E-state index is 0.170. The average molecular weight is 395 g/mol. The lowest BCUT2D eigenvalue weighted by molar-refractivity contribution is 0.721. The van der Waals surface area contributed by atoms with Gasteiger partial charge in [0.1, 0.15) is 11.6 Å². The van der Waals surface area contributed by atoms with Gasteiger partial charge in [-0.3, -0.25) is 4.79 Å². The maximum absolute atomic E-state index is 11.9. The third kappa shape index (κ3) is 3.75. The van der Waals surface area contributed by atoms with Crippen LogP contribution in [0.5, 0.6) is 0 Å². The third-order valence-electron chi connectivity index (χ3n) is 5.20. The summed E-state index contributed by atoms with van der Waals surface area (Å²) in [6, 6.07) is 7.63. The van der Waals surface area contributed by atoms with E-state index in [1.165, 1.54) is 35.1 Å². The molecule has 0 aliphatic heterocycles. The van der Waals surface area contributed by atoms with Crippen LogP contribution in [0.15, 0.2) is 41.5 Å². The molecular formula is C19H21N7OS. The van der Waals surface area contributed by atoms with Crippen molar-refractivity contribution in [2.24, 2.45) is 0 Å². The molecule has 2 saturated carbocycles. The molecule has 0 spiro atoms. The van der Waals surface area contributed by atoms with Crippen molar-refractivity contribution < 1.29 is 0 Å². The van der Waals surface area contributed by atoms with Gasteiger partial charge in [0.2, 0.25) is 5.13 Å². The molecule has 0 aromatic carbocycles. The van der Waals surface area contributed by atoms with E-state index in [0.717, 1.165) is 36.0 Å². The molecule has 2 atom stereocenters. The molecule has 0 amide bonds. The summed E-state index contributed by atoms with van der Waals surface area (Å²) >= 11 is 1.47. The zero-order valence-corrected chi connectivity index (χ0v) is 16.1. The molecule has 3 aromatic heterocycles. The summed E-state index contributed by atoms with van der Waals surface area (Å²) in [5.74, 6) is 2.42. The average Bonchev–Trinajstić information content (AvgIpc) is 3.31. The fourth-order valence-electron chi connectivity index (χ4n) is 3.58. The van der Waals surface area contributed by atoms with Crippen molar-refractivity contribution in [3.63, 3.8) is 0 Å². The van der Waals surface area contributed by atoms with Gasteiger partial charge >= 0.3 is 0 Å². The van der Waals surface area contributed by atoms with Gasteiger partial charge in [0, 0.05) is 41.8 Å². The minimum atomic E-state index is -0.170. The van der Waals surface area contributed by atoms with Gasteiger partial charge in [-0.15, -0.1) is 0 Å². The third-order valence-corrected chi connectivity index (χ3v) is 5.87. The topological polar surface area (TPSA) is 97.6 Å². The zero-order chi connectivity index (χ0) is 18.9. The van der Waals surface area contributed by atoms with Gasteiger partial charge in [-0.1, -0.05) is 0 Å². The second-order valence-corrected chi connectivity index (χ2v) is 8.15. The Kier molecular flexibility index (Phi) is 4.52. The Labute approximate surface area is 166 Å². The number of aromatic nitrogens is 5. The number of nitrogens with one attached hydrogen (secondary N) is 2. The first-order valence-corrected chi connectivity index (χ1v) is 10.4. The minimum Gasteiger partial charge on any atom is -0.367 e.